The number of amides is 1. The van der Waals surface area contributed by atoms with Gasteiger partial charge in [-0.2, -0.15) is 0 Å². The number of ether oxygens (including phenoxy) is 2. The van der Waals surface area contributed by atoms with Crippen molar-refractivity contribution in [3.05, 3.63) is 162 Å². The average Bonchev–Trinajstić information content (AvgIpc) is 3.62. The molecular formula is C41H37N3O5S. The molecule has 1 aliphatic rings. The van der Waals surface area contributed by atoms with Gasteiger partial charge in [-0.1, -0.05) is 128 Å². The molecule has 4 atom stereocenters. The molecular weight excluding hydrogens is 647 g/mol. The molecule has 0 saturated carbocycles. The summed E-state index contributed by atoms with van der Waals surface area (Å²) in [6.07, 6.45) is 2.11. The molecule has 0 unspecified atom stereocenters. The number of hydrogen-bond acceptors (Lipinski definition) is 8. The van der Waals surface area contributed by atoms with Crippen LogP contribution in [-0.4, -0.2) is 32.8 Å². The number of nitrogens with zero attached hydrogens (tertiary/aromatic N) is 2. The fourth-order valence-electron chi connectivity index (χ4n) is 5.98. The smallest absolute Gasteiger partial charge is 0.256 e. The van der Waals surface area contributed by atoms with Gasteiger partial charge in [0.25, 0.3) is 11.1 Å². The number of carbonyl (C=O) groups excluding carboxylic acids is 1. The van der Waals surface area contributed by atoms with E-state index in [2.05, 4.69) is 17.2 Å². The zero-order valence-corrected chi connectivity index (χ0v) is 28.3. The fourth-order valence-corrected chi connectivity index (χ4v) is 6.96. The predicted molar refractivity (Wildman–Crippen MR) is 193 cm³/mol. The van der Waals surface area contributed by atoms with Crippen LogP contribution < -0.4 is 5.32 Å². The van der Waals surface area contributed by atoms with Crippen molar-refractivity contribution in [1.29, 1.82) is 0 Å². The second kappa shape index (κ2) is 15.7. The van der Waals surface area contributed by atoms with E-state index in [1.54, 1.807) is 24.5 Å². The van der Waals surface area contributed by atoms with Crippen LogP contribution in [0.5, 0.6) is 0 Å². The lowest BCUT2D eigenvalue weighted by atomic mass is 9.91. The van der Waals surface area contributed by atoms with Gasteiger partial charge in [-0.15, -0.1) is 0 Å². The number of nitrogens with one attached hydrogen (secondary N) is 1. The Bertz CT molecular complexity index is 1930. The first-order valence-electron chi connectivity index (χ1n) is 16.6. The maximum atomic E-state index is 12.5. The molecule has 2 aromatic heterocycles. The van der Waals surface area contributed by atoms with Gasteiger partial charge in [0.1, 0.15) is 5.69 Å². The minimum Gasteiger partial charge on any atom is -0.431 e. The van der Waals surface area contributed by atoms with Crippen LogP contribution in [0.4, 0.5) is 0 Å². The Balaban J connectivity index is 1.11. The summed E-state index contributed by atoms with van der Waals surface area (Å²) < 4.78 is 19.7. The topological polar surface area (TPSA) is 107 Å². The van der Waals surface area contributed by atoms with E-state index in [1.807, 2.05) is 109 Å². The van der Waals surface area contributed by atoms with Crippen molar-refractivity contribution in [3.63, 3.8) is 0 Å². The third-order valence-electron chi connectivity index (χ3n) is 8.81. The monoisotopic (exact) mass is 683 g/mol. The van der Waals surface area contributed by atoms with Crippen LogP contribution in [0.1, 0.15) is 51.9 Å². The number of benzene rings is 4. The first-order chi connectivity index (χ1) is 24.6. The number of hydrogen-bond donors (Lipinski definition) is 2. The maximum absolute atomic E-state index is 12.5. The van der Waals surface area contributed by atoms with E-state index in [9.17, 15) is 9.90 Å². The number of carbonyl (C=O) groups is 1. The van der Waals surface area contributed by atoms with E-state index in [1.165, 1.54) is 11.8 Å². The lowest BCUT2D eigenvalue weighted by molar-refractivity contribution is -0.268. The highest BCUT2D eigenvalue weighted by Crippen LogP contribution is 2.44. The Kier molecular flexibility index (Phi) is 10.5. The largest absolute Gasteiger partial charge is 0.431 e. The standard InChI is InChI=1S/C41H37N3O5S/c1-27-35(26-50-41-44-36(30-9-4-2-5-10-30)38(49-41)31-11-6-3-7-12-31)47-40(48-37(27)32-18-16-29(25-45)17-19-32)33-20-14-28(15-21-33)23-43-39(46)34-13-8-22-42-24-34/h2-22,24,27,35,37,40,45H,23,25-26H2,1H3,(H,43,46)/t27-,35+,37+,40+/m1/s1. The number of thioether (sulfide) groups is 1. The van der Waals surface area contributed by atoms with Crippen molar-refractivity contribution in [2.75, 3.05) is 5.75 Å². The van der Waals surface area contributed by atoms with Crippen LogP contribution in [-0.2, 0) is 22.6 Å². The molecule has 0 radical (unpaired) electrons. The summed E-state index contributed by atoms with van der Waals surface area (Å²) >= 11 is 1.53. The van der Waals surface area contributed by atoms with E-state index in [4.69, 9.17) is 18.9 Å². The molecule has 50 heavy (non-hydrogen) atoms. The van der Waals surface area contributed by atoms with Gasteiger partial charge >= 0.3 is 0 Å². The molecule has 1 fully saturated rings. The van der Waals surface area contributed by atoms with Gasteiger partial charge in [-0.25, -0.2) is 4.98 Å². The molecule has 9 heteroatoms. The number of oxazole rings is 1. The second-order valence-corrected chi connectivity index (χ2v) is 13.2. The van der Waals surface area contributed by atoms with Gasteiger partial charge in [-0.05, 0) is 28.8 Å². The minimum absolute atomic E-state index is 0.00200. The molecule has 6 aromatic rings. The summed E-state index contributed by atoms with van der Waals surface area (Å²) in [5.74, 6) is 1.14. The van der Waals surface area contributed by atoms with Crippen molar-refractivity contribution in [2.24, 2.45) is 5.92 Å². The first-order valence-corrected chi connectivity index (χ1v) is 17.6. The zero-order valence-electron chi connectivity index (χ0n) is 27.5. The summed E-state index contributed by atoms with van der Waals surface area (Å²) in [5, 5.41) is 13.1. The van der Waals surface area contributed by atoms with Crippen molar-refractivity contribution in [3.8, 4) is 22.6 Å². The molecule has 0 aliphatic carbocycles. The molecule has 1 saturated heterocycles. The highest BCUT2D eigenvalue weighted by Gasteiger charge is 2.38. The minimum atomic E-state index is -0.623. The summed E-state index contributed by atoms with van der Waals surface area (Å²) in [5.41, 5.74) is 6.96. The molecule has 1 aliphatic heterocycles. The molecule has 3 heterocycles. The quantitative estimate of drug-likeness (QED) is 0.131. The van der Waals surface area contributed by atoms with Crippen LogP contribution in [0.2, 0.25) is 0 Å². The Morgan fingerprint density at radius 1 is 0.800 bits per heavy atom. The van der Waals surface area contributed by atoms with Crippen LogP contribution >= 0.6 is 11.8 Å². The fraction of sp³-hybridized carbons (Fsp3) is 0.195. The molecule has 8 nitrogen and oxygen atoms in total. The molecule has 0 bridgehead atoms. The molecule has 0 spiro atoms. The number of aliphatic hydroxyl groups excluding tert-OH is 1. The Hall–Kier alpha value is -5.06. The molecule has 1 amide bonds. The number of aliphatic hydroxyl groups is 1. The van der Waals surface area contributed by atoms with Gasteiger partial charge in [0.2, 0.25) is 0 Å². The van der Waals surface area contributed by atoms with E-state index < -0.39 is 6.29 Å². The first kappa shape index (κ1) is 33.4. The van der Waals surface area contributed by atoms with E-state index in [-0.39, 0.29) is 30.6 Å². The molecule has 252 valence electrons. The van der Waals surface area contributed by atoms with Gasteiger partial charge in [0, 0.05) is 47.3 Å². The van der Waals surface area contributed by atoms with E-state index in [0.29, 0.717) is 23.1 Å². The van der Waals surface area contributed by atoms with Crippen molar-refractivity contribution in [2.45, 2.75) is 43.8 Å². The zero-order chi connectivity index (χ0) is 34.3. The molecule has 7 rings (SSSR count). The highest BCUT2D eigenvalue weighted by atomic mass is 32.2. The van der Waals surface area contributed by atoms with Crippen LogP contribution in [0.25, 0.3) is 22.6 Å². The predicted octanol–water partition coefficient (Wildman–Crippen LogP) is 8.41. The van der Waals surface area contributed by atoms with E-state index in [0.717, 1.165) is 44.8 Å². The Morgan fingerprint density at radius 2 is 1.48 bits per heavy atom. The third kappa shape index (κ3) is 7.72. The van der Waals surface area contributed by atoms with Crippen molar-refractivity contribution < 1.29 is 23.8 Å². The Morgan fingerprint density at radius 3 is 2.16 bits per heavy atom. The van der Waals surface area contributed by atoms with E-state index >= 15 is 0 Å². The lowest BCUT2D eigenvalue weighted by Gasteiger charge is -2.41. The molecule has 4 aromatic carbocycles. The van der Waals surface area contributed by atoms with Crippen LogP contribution in [0.3, 0.4) is 0 Å². The number of rotatable bonds is 11. The van der Waals surface area contributed by atoms with Crippen molar-refractivity contribution >= 4 is 17.7 Å². The van der Waals surface area contributed by atoms with Crippen LogP contribution in [0, 0.1) is 5.92 Å². The highest BCUT2D eigenvalue weighted by molar-refractivity contribution is 7.99. The number of pyridine rings is 1. The summed E-state index contributed by atoms with van der Waals surface area (Å²) in [6.45, 7) is 2.50. The Labute approximate surface area is 295 Å². The summed E-state index contributed by atoms with van der Waals surface area (Å²) in [6, 6.07) is 39.4. The SMILES string of the molecule is C[C@@H]1[C@H](CSc2nc(-c3ccccc3)c(-c3ccccc3)o2)O[C@H](c2ccc(CNC(=O)c3cccnc3)cc2)O[C@@H]1c1ccc(CO)cc1. The van der Waals surface area contributed by atoms with Crippen molar-refractivity contribution in [1.82, 2.24) is 15.3 Å². The second-order valence-electron chi connectivity index (χ2n) is 12.2. The maximum Gasteiger partial charge on any atom is 0.256 e. The molecule has 2 N–H and O–H groups in total. The van der Waals surface area contributed by atoms with Gasteiger partial charge in [-0.3, -0.25) is 9.78 Å². The lowest BCUT2D eigenvalue weighted by Crippen LogP contribution is -2.38. The van der Waals surface area contributed by atoms with Crippen LogP contribution in [0.15, 0.2) is 143 Å². The third-order valence-corrected chi connectivity index (χ3v) is 9.73. The summed E-state index contributed by atoms with van der Waals surface area (Å²) in [7, 11) is 0. The van der Waals surface area contributed by atoms with Gasteiger partial charge in [0.05, 0.1) is 24.4 Å². The summed E-state index contributed by atoms with van der Waals surface area (Å²) in [4.78, 5) is 21.5. The van der Waals surface area contributed by atoms with Gasteiger partial charge in [0.15, 0.2) is 12.1 Å². The average molecular weight is 684 g/mol. The normalized spacial score (nSPS) is 18.8. The number of aromatic nitrogens is 2. The van der Waals surface area contributed by atoms with Gasteiger partial charge < -0.3 is 24.3 Å².